The number of hydrogen-bond acceptors (Lipinski definition) is 5. The van der Waals surface area contributed by atoms with Crippen LogP contribution in [0.15, 0.2) is 23.1 Å². The second-order valence-corrected chi connectivity index (χ2v) is 7.62. The van der Waals surface area contributed by atoms with Crippen molar-refractivity contribution < 1.29 is 14.3 Å². The van der Waals surface area contributed by atoms with Crippen molar-refractivity contribution in [2.45, 2.75) is 27.2 Å². The summed E-state index contributed by atoms with van der Waals surface area (Å²) < 4.78 is 11.8. The molecule has 0 N–H and O–H groups in total. The van der Waals surface area contributed by atoms with Gasteiger partial charge in [0, 0.05) is 6.54 Å². The Morgan fingerprint density at radius 3 is 2.71 bits per heavy atom. The van der Waals surface area contributed by atoms with Gasteiger partial charge in [-0.2, -0.15) is 0 Å². The summed E-state index contributed by atoms with van der Waals surface area (Å²) in [5.74, 6) is 1.79. The summed E-state index contributed by atoms with van der Waals surface area (Å²) in [6.45, 7) is 7.51. The third-order valence-electron chi connectivity index (χ3n) is 3.38. The van der Waals surface area contributed by atoms with E-state index in [1.165, 1.54) is 11.8 Å². The molecule has 0 atom stereocenters. The summed E-state index contributed by atoms with van der Waals surface area (Å²) in [4.78, 5) is 14.7. The van der Waals surface area contributed by atoms with Crippen molar-refractivity contribution >= 4 is 40.3 Å². The predicted octanol–water partition coefficient (Wildman–Crippen LogP) is 4.34. The number of amides is 1. The van der Waals surface area contributed by atoms with E-state index in [9.17, 15) is 4.79 Å². The lowest BCUT2D eigenvalue weighted by atomic mass is 10.1. The molecular weight excluding hydrogens is 342 g/mol. The van der Waals surface area contributed by atoms with Gasteiger partial charge in [-0.3, -0.25) is 9.69 Å². The molecule has 1 aromatic rings. The second-order valence-electron chi connectivity index (χ2n) is 5.95. The monoisotopic (exact) mass is 365 g/mol. The average molecular weight is 366 g/mol. The molecule has 0 radical (unpaired) electrons. The minimum atomic E-state index is -0.0223. The molecule has 24 heavy (non-hydrogen) atoms. The molecule has 130 valence electrons. The van der Waals surface area contributed by atoms with Crippen LogP contribution in [0.5, 0.6) is 11.5 Å². The maximum absolute atomic E-state index is 12.4. The van der Waals surface area contributed by atoms with Gasteiger partial charge in [0.05, 0.1) is 18.6 Å². The van der Waals surface area contributed by atoms with Gasteiger partial charge in [0.1, 0.15) is 4.32 Å². The fourth-order valence-electron chi connectivity index (χ4n) is 2.22. The molecule has 1 amide bonds. The van der Waals surface area contributed by atoms with Crippen LogP contribution >= 0.6 is 24.0 Å². The molecular formula is C18H23NO3S2. The Balaban J connectivity index is 2.21. The van der Waals surface area contributed by atoms with Crippen LogP contribution < -0.4 is 9.47 Å². The van der Waals surface area contributed by atoms with E-state index in [0.717, 1.165) is 12.0 Å². The number of ether oxygens (including phenoxy) is 2. The first-order valence-corrected chi connectivity index (χ1v) is 9.25. The Bertz CT molecular complexity index is 656. The molecule has 4 nitrogen and oxygen atoms in total. The fourth-order valence-corrected chi connectivity index (χ4v) is 3.53. The number of nitrogens with zero attached hydrogens (tertiary/aromatic N) is 1. The zero-order valence-corrected chi connectivity index (χ0v) is 16.1. The Morgan fingerprint density at radius 1 is 1.33 bits per heavy atom. The maximum atomic E-state index is 12.4. The van der Waals surface area contributed by atoms with Gasteiger partial charge in [-0.05, 0) is 36.1 Å². The fraction of sp³-hybridized carbons (Fsp3) is 0.444. The number of hydrogen-bond donors (Lipinski definition) is 0. The van der Waals surface area contributed by atoms with Crippen LogP contribution in [-0.2, 0) is 4.79 Å². The number of carbonyl (C=O) groups excluding carboxylic acids is 1. The topological polar surface area (TPSA) is 38.8 Å². The molecule has 1 saturated heterocycles. The maximum Gasteiger partial charge on any atom is 0.266 e. The van der Waals surface area contributed by atoms with E-state index in [-0.39, 0.29) is 5.91 Å². The SMILES string of the molecule is CCCN1C(=O)/C(=C\c2ccc(OCC(C)C)c(OC)c2)SC1=S. The van der Waals surface area contributed by atoms with Gasteiger partial charge >= 0.3 is 0 Å². The van der Waals surface area contributed by atoms with E-state index in [2.05, 4.69) is 13.8 Å². The quantitative estimate of drug-likeness (QED) is 0.531. The Kier molecular flexibility index (Phi) is 6.69. The van der Waals surface area contributed by atoms with Crippen LogP contribution in [0.4, 0.5) is 0 Å². The van der Waals surface area contributed by atoms with Crippen molar-refractivity contribution in [1.29, 1.82) is 0 Å². The smallest absolute Gasteiger partial charge is 0.266 e. The van der Waals surface area contributed by atoms with Crippen molar-refractivity contribution in [1.82, 2.24) is 4.90 Å². The Labute approximate surface area is 153 Å². The van der Waals surface area contributed by atoms with Crippen LogP contribution in [0, 0.1) is 5.92 Å². The van der Waals surface area contributed by atoms with E-state index in [4.69, 9.17) is 21.7 Å². The lowest BCUT2D eigenvalue weighted by Gasteiger charge is -2.13. The van der Waals surface area contributed by atoms with Crippen molar-refractivity contribution in [2.24, 2.45) is 5.92 Å². The van der Waals surface area contributed by atoms with Gasteiger partial charge in [0.15, 0.2) is 11.5 Å². The summed E-state index contributed by atoms with van der Waals surface area (Å²) in [5, 5.41) is 0. The Morgan fingerprint density at radius 2 is 2.08 bits per heavy atom. The molecule has 1 aromatic carbocycles. The highest BCUT2D eigenvalue weighted by Crippen LogP contribution is 2.34. The van der Waals surface area contributed by atoms with E-state index in [0.29, 0.717) is 39.8 Å². The Hall–Kier alpha value is -1.53. The molecule has 1 aliphatic heterocycles. The van der Waals surface area contributed by atoms with Gasteiger partial charge in [-0.1, -0.05) is 50.8 Å². The molecule has 1 aliphatic rings. The van der Waals surface area contributed by atoms with Crippen LogP contribution in [0.25, 0.3) is 6.08 Å². The molecule has 0 bridgehead atoms. The molecule has 0 aliphatic carbocycles. The molecule has 0 aromatic heterocycles. The highest BCUT2D eigenvalue weighted by molar-refractivity contribution is 8.26. The minimum absolute atomic E-state index is 0.0223. The van der Waals surface area contributed by atoms with Crippen LogP contribution in [0.3, 0.4) is 0 Å². The first kappa shape index (κ1) is 18.8. The number of rotatable bonds is 7. The van der Waals surface area contributed by atoms with E-state index < -0.39 is 0 Å². The summed E-state index contributed by atoms with van der Waals surface area (Å²) in [6, 6.07) is 5.67. The number of thioether (sulfide) groups is 1. The number of carbonyl (C=O) groups is 1. The standard InChI is InChI=1S/C18H23NO3S2/c1-5-8-19-17(20)16(24-18(19)23)10-13-6-7-14(15(9-13)21-4)22-11-12(2)3/h6-7,9-10,12H,5,8,11H2,1-4H3/b16-10+. The minimum Gasteiger partial charge on any atom is -0.493 e. The lowest BCUT2D eigenvalue weighted by Crippen LogP contribution is -2.28. The summed E-state index contributed by atoms with van der Waals surface area (Å²) in [7, 11) is 1.61. The molecule has 0 spiro atoms. The van der Waals surface area contributed by atoms with Crippen molar-refractivity contribution in [3.63, 3.8) is 0 Å². The normalized spacial score (nSPS) is 16.4. The largest absolute Gasteiger partial charge is 0.493 e. The third kappa shape index (κ3) is 4.51. The molecule has 6 heteroatoms. The van der Waals surface area contributed by atoms with Gasteiger partial charge in [-0.25, -0.2) is 0 Å². The highest BCUT2D eigenvalue weighted by atomic mass is 32.2. The first-order chi connectivity index (χ1) is 11.5. The van der Waals surface area contributed by atoms with Gasteiger partial charge in [0.25, 0.3) is 5.91 Å². The highest BCUT2D eigenvalue weighted by Gasteiger charge is 2.31. The summed E-state index contributed by atoms with van der Waals surface area (Å²) in [6.07, 6.45) is 2.74. The zero-order chi connectivity index (χ0) is 17.7. The molecule has 1 fully saturated rings. The van der Waals surface area contributed by atoms with Gasteiger partial charge in [0.2, 0.25) is 0 Å². The van der Waals surface area contributed by atoms with E-state index in [1.54, 1.807) is 12.0 Å². The molecule has 1 heterocycles. The lowest BCUT2D eigenvalue weighted by molar-refractivity contribution is -0.122. The van der Waals surface area contributed by atoms with Gasteiger partial charge in [-0.15, -0.1) is 0 Å². The van der Waals surface area contributed by atoms with E-state index in [1.807, 2.05) is 31.2 Å². The summed E-state index contributed by atoms with van der Waals surface area (Å²) >= 11 is 6.63. The molecule has 0 saturated carbocycles. The van der Waals surface area contributed by atoms with Crippen molar-refractivity contribution in [2.75, 3.05) is 20.3 Å². The predicted molar refractivity (Wildman–Crippen MR) is 103 cm³/mol. The zero-order valence-electron chi connectivity index (χ0n) is 14.5. The third-order valence-corrected chi connectivity index (χ3v) is 4.76. The second kappa shape index (κ2) is 8.53. The molecule has 2 rings (SSSR count). The van der Waals surface area contributed by atoms with Crippen molar-refractivity contribution in [3.05, 3.63) is 28.7 Å². The average Bonchev–Trinajstić information content (AvgIpc) is 2.81. The number of methoxy groups -OCH3 is 1. The van der Waals surface area contributed by atoms with Crippen LogP contribution in [-0.4, -0.2) is 35.4 Å². The van der Waals surface area contributed by atoms with Crippen LogP contribution in [0.1, 0.15) is 32.8 Å². The first-order valence-electron chi connectivity index (χ1n) is 8.02. The van der Waals surface area contributed by atoms with Crippen molar-refractivity contribution in [3.8, 4) is 11.5 Å². The van der Waals surface area contributed by atoms with Gasteiger partial charge < -0.3 is 9.47 Å². The molecule has 0 unspecified atom stereocenters. The van der Waals surface area contributed by atoms with Crippen LogP contribution in [0.2, 0.25) is 0 Å². The van der Waals surface area contributed by atoms with E-state index >= 15 is 0 Å². The number of benzene rings is 1. The summed E-state index contributed by atoms with van der Waals surface area (Å²) in [5.41, 5.74) is 0.890. The number of thiocarbonyl (C=S) groups is 1.